The van der Waals surface area contributed by atoms with Crippen LogP contribution >= 0.6 is 0 Å². The molecule has 0 heterocycles. The van der Waals surface area contributed by atoms with Crippen molar-refractivity contribution >= 4 is 5.78 Å². The summed E-state index contributed by atoms with van der Waals surface area (Å²) >= 11 is 0. The van der Waals surface area contributed by atoms with Crippen molar-refractivity contribution < 1.29 is 4.79 Å². The van der Waals surface area contributed by atoms with Gasteiger partial charge >= 0.3 is 0 Å². The van der Waals surface area contributed by atoms with Crippen molar-refractivity contribution in [2.75, 3.05) is 0 Å². The summed E-state index contributed by atoms with van der Waals surface area (Å²) in [6.07, 6.45) is 16.4. The average Bonchev–Trinajstić information content (AvgIpc) is 3.01. The van der Waals surface area contributed by atoms with Gasteiger partial charge in [-0.3, -0.25) is 4.79 Å². The number of hydrogen-bond acceptors (Lipinski definition) is 1. The molecule has 0 bridgehead atoms. The smallest absolute Gasteiger partial charge is 0.155 e. The second-order valence-electron chi connectivity index (χ2n) is 5.51. The summed E-state index contributed by atoms with van der Waals surface area (Å²) in [5.74, 6) is 2.45. The van der Waals surface area contributed by atoms with Crippen LogP contribution in [0.2, 0.25) is 0 Å². The number of carbonyl (C=O) groups is 1. The Balaban J connectivity index is 1.74. The first-order chi connectivity index (χ1) is 7.86. The Bertz CT molecular complexity index is 254. The fourth-order valence-electron chi connectivity index (χ4n) is 2.87. The van der Waals surface area contributed by atoms with E-state index in [2.05, 4.69) is 6.08 Å². The zero-order valence-electron chi connectivity index (χ0n) is 10.3. The van der Waals surface area contributed by atoms with Crippen LogP contribution in [0.25, 0.3) is 0 Å². The maximum atomic E-state index is 11.4. The zero-order chi connectivity index (χ0) is 11.2. The van der Waals surface area contributed by atoms with Gasteiger partial charge in [-0.2, -0.15) is 0 Å². The highest BCUT2D eigenvalue weighted by atomic mass is 16.1. The maximum absolute atomic E-state index is 11.4. The summed E-state index contributed by atoms with van der Waals surface area (Å²) in [7, 11) is 0. The highest BCUT2D eigenvalue weighted by Gasteiger charge is 2.34. The molecule has 2 aliphatic carbocycles. The van der Waals surface area contributed by atoms with Gasteiger partial charge in [-0.1, -0.05) is 38.2 Å². The Morgan fingerprint density at radius 2 is 1.69 bits per heavy atom. The number of carbonyl (C=O) groups excluding carboxylic acids is 1. The Labute approximate surface area is 99.3 Å². The first-order valence-corrected chi connectivity index (χ1v) is 7.05. The lowest BCUT2D eigenvalue weighted by Gasteiger charge is -2.02. The van der Waals surface area contributed by atoms with Gasteiger partial charge in [0, 0.05) is 6.42 Å². The van der Waals surface area contributed by atoms with E-state index >= 15 is 0 Å². The molecule has 0 aromatic heterocycles. The van der Waals surface area contributed by atoms with Gasteiger partial charge in [-0.25, -0.2) is 0 Å². The molecule has 0 saturated heterocycles. The van der Waals surface area contributed by atoms with Gasteiger partial charge in [0.1, 0.15) is 0 Å². The zero-order valence-corrected chi connectivity index (χ0v) is 10.3. The van der Waals surface area contributed by atoms with Gasteiger partial charge in [0.2, 0.25) is 0 Å². The predicted molar refractivity (Wildman–Crippen MR) is 67.3 cm³/mol. The first-order valence-electron chi connectivity index (χ1n) is 7.05. The fourth-order valence-corrected chi connectivity index (χ4v) is 2.87. The van der Waals surface area contributed by atoms with E-state index in [9.17, 15) is 4.79 Å². The number of ketones is 1. The third-order valence-electron chi connectivity index (χ3n) is 4.07. The quantitative estimate of drug-likeness (QED) is 0.595. The normalized spacial score (nSPS) is 32.9. The monoisotopic (exact) mass is 220 g/mol. The molecule has 0 amide bonds. The lowest BCUT2D eigenvalue weighted by atomic mass is 10.0. The molecule has 2 rings (SSSR count). The van der Waals surface area contributed by atoms with Crippen LogP contribution in [0.3, 0.4) is 0 Å². The minimum Gasteiger partial charge on any atom is -0.295 e. The van der Waals surface area contributed by atoms with E-state index in [1.165, 1.54) is 44.9 Å². The molecule has 1 saturated carbocycles. The van der Waals surface area contributed by atoms with Crippen LogP contribution in [0, 0.1) is 11.8 Å². The molecular formula is C15H24O. The van der Waals surface area contributed by atoms with Crippen molar-refractivity contribution in [2.24, 2.45) is 11.8 Å². The van der Waals surface area contributed by atoms with Gasteiger partial charge in [0.05, 0.1) is 0 Å². The van der Waals surface area contributed by atoms with E-state index in [-0.39, 0.29) is 0 Å². The fraction of sp³-hybridized carbons (Fsp3) is 0.800. The summed E-state index contributed by atoms with van der Waals surface area (Å²) in [6, 6.07) is 0. The van der Waals surface area contributed by atoms with Crippen molar-refractivity contribution in [1.29, 1.82) is 0 Å². The van der Waals surface area contributed by atoms with Gasteiger partial charge < -0.3 is 0 Å². The molecule has 0 spiro atoms. The van der Waals surface area contributed by atoms with Crippen LogP contribution in [0.4, 0.5) is 0 Å². The number of allylic oxidation sites excluding steroid dienone is 2. The maximum Gasteiger partial charge on any atom is 0.155 e. The largest absolute Gasteiger partial charge is 0.295 e. The van der Waals surface area contributed by atoms with E-state index in [0.717, 1.165) is 31.1 Å². The van der Waals surface area contributed by atoms with E-state index in [1.807, 2.05) is 6.08 Å². The van der Waals surface area contributed by atoms with Gasteiger partial charge in [-0.15, -0.1) is 0 Å². The van der Waals surface area contributed by atoms with Crippen LogP contribution in [0.15, 0.2) is 12.2 Å². The number of fused-ring (bicyclic) bond motifs is 1. The van der Waals surface area contributed by atoms with Gasteiger partial charge in [0.25, 0.3) is 0 Å². The Morgan fingerprint density at radius 3 is 2.50 bits per heavy atom. The van der Waals surface area contributed by atoms with Crippen molar-refractivity contribution in [3.8, 4) is 0 Å². The molecule has 16 heavy (non-hydrogen) atoms. The standard InChI is InChI=1S/C15H24O/c16-15-10-6-2-1-4-8-13-12-14(13)9-5-3-7-11-15/h6,10,13-14H,1-5,7-9,11-12H2. The highest BCUT2D eigenvalue weighted by molar-refractivity contribution is 5.89. The summed E-state index contributed by atoms with van der Waals surface area (Å²) in [6.45, 7) is 0. The SMILES string of the molecule is O=C1C=CCCCCC2CC2CCCCC1. The van der Waals surface area contributed by atoms with E-state index in [1.54, 1.807) is 0 Å². The lowest BCUT2D eigenvalue weighted by molar-refractivity contribution is -0.114. The second-order valence-corrected chi connectivity index (χ2v) is 5.51. The summed E-state index contributed by atoms with van der Waals surface area (Å²) in [4.78, 5) is 11.4. The van der Waals surface area contributed by atoms with Crippen molar-refractivity contribution in [3.05, 3.63) is 12.2 Å². The first kappa shape index (κ1) is 11.9. The molecule has 0 N–H and O–H groups in total. The minimum atomic E-state index is 0.335. The number of hydrogen-bond donors (Lipinski definition) is 0. The van der Waals surface area contributed by atoms with E-state index < -0.39 is 0 Å². The molecule has 90 valence electrons. The molecule has 1 heteroatoms. The Kier molecular flexibility index (Phi) is 4.62. The van der Waals surface area contributed by atoms with Crippen molar-refractivity contribution in [2.45, 2.75) is 64.2 Å². The Hall–Kier alpha value is -0.590. The molecule has 1 fully saturated rings. The van der Waals surface area contributed by atoms with Gasteiger partial charge in [-0.05, 0) is 43.6 Å². The topological polar surface area (TPSA) is 17.1 Å². The number of rotatable bonds is 0. The Morgan fingerprint density at radius 1 is 0.938 bits per heavy atom. The summed E-state index contributed by atoms with van der Waals surface area (Å²) in [5.41, 5.74) is 0. The van der Waals surface area contributed by atoms with Crippen LogP contribution in [-0.2, 0) is 4.79 Å². The predicted octanol–water partition coefficient (Wildman–Crippen LogP) is 4.27. The summed E-state index contributed by atoms with van der Waals surface area (Å²) < 4.78 is 0. The van der Waals surface area contributed by atoms with E-state index in [4.69, 9.17) is 0 Å². The average molecular weight is 220 g/mol. The molecular weight excluding hydrogens is 196 g/mol. The molecule has 2 atom stereocenters. The second kappa shape index (κ2) is 6.22. The third kappa shape index (κ3) is 4.11. The summed E-state index contributed by atoms with van der Waals surface area (Å²) in [5, 5.41) is 0. The highest BCUT2D eigenvalue weighted by Crippen LogP contribution is 2.45. The van der Waals surface area contributed by atoms with Crippen molar-refractivity contribution in [3.63, 3.8) is 0 Å². The van der Waals surface area contributed by atoms with E-state index in [0.29, 0.717) is 5.78 Å². The van der Waals surface area contributed by atoms with Crippen LogP contribution in [0.1, 0.15) is 64.2 Å². The van der Waals surface area contributed by atoms with Crippen molar-refractivity contribution in [1.82, 2.24) is 0 Å². The van der Waals surface area contributed by atoms with Crippen LogP contribution in [0.5, 0.6) is 0 Å². The minimum absolute atomic E-state index is 0.335. The van der Waals surface area contributed by atoms with Crippen LogP contribution < -0.4 is 0 Å². The van der Waals surface area contributed by atoms with Gasteiger partial charge in [0.15, 0.2) is 5.78 Å². The molecule has 0 aromatic rings. The molecule has 0 aliphatic heterocycles. The molecule has 0 radical (unpaired) electrons. The molecule has 0 aromatic carbocycles. The third-order valence-corrected chi connectivity index (χ3v) is 4.07. The molecule has 2 unspecified atom stereocenters. The molecule has 1 nitrogen and oxygen atoms in total. The molecule has 2 aliphatic rings. The lowest BCUT2D eigenvalue weighted by Crippen LogP contribution is -1.93. The van der Waals surface area contributed by atoms with Crippen LogP contribution in [-0.4, -0.2) is 5.78 Å².